The van der Waals surface area contributed by atoms with Gasteiger partial charge in [0.25, 0.3) is 0 Å². The summed E-state index contributed by atoms with van der Waals surface area (Å²) in [7, 11) is 2.95. The van der Waals surface area contributed by atoms with Crippen LogP contribution in [-0.4, -0.2) is 38.4 Å². The number of rotatable bonds is 5. The largest absolute Gasteiger partial charge is 0.453 e. The molecular formula is C10H15N3O3. The Hall–Kier alpha value is -1.82. The molecule has 88 valence electrons. The van der Waals surface area contributed by atoms with E-state index < -0.39 is 6.09 Å². The summed E-state index contributed by atoms with van der Waals surface area (Å²) in [6, 6.07) is 3.50. The number of aromatic nitrogens is 1. The predicted molar refractivity (Wildman–Crippen MR) is 60.6 cm³/mol. The number of nitrogens with zero attached hydrogens (tertiary/aromatic N) is 1. The van der Waals surface area contributed by atoms with Crippen molar-refractivity contribution in [2.45, 2.75) is 0 Å². The summed E-state index contributed by atoms with van der Waals surface area (Å²) in [6.45, 7) is 1.30. The number of ether oxygens (including phenoxy) is 2. The van der Waals surface area contributed by atoms with Crippen molar-refractivity contribution in [3.05, 3.63) is 18.3 Å². The van der Waals surface area contributed by atoms with Crippen LogP contribution >= 0.6 is 0 Å². The van der Waals surface area contributed by atoms with Crippen LogP contribution in [0.4, 0.5) is 16.3 Å². The zero-order valence-electron chi connectivity index (χ0n) is 9.32. The summed E-state index contributed by atoms with van der Waals surface area (Å²) in [6.07, 6.45) is 1.04. The van der Waals surface area contributed by atoms with Crippen LogP contribution in [0.15, 0.2) is 18.3 Å². The molecule has 0 saturated carbocycles. The highest BCUT2D eigenvalue weighted by Crippen LogP contribution is 2.09. The highest BCUT2D eigenvalue weighted by molar-refractivity contribution is 5.84. The fourth-order valence-electron chi connectivity index (χ4n) is 1.02. The molecule has 1 heterocycles. The average Bonchev–Trinajstić information content (AvgIpc) is 2.31. The van der Waals surface area contributed by atoms with Gasteiger partial charge in [0.1, 0.15) is 5.82 Å². The molecule has 1 rings (SSSR count). The van der Waals surface area contributed by atoms with Crippen molar-refractivity contribution in [3.8, 4) is 0 Å². The predicted octanol–water partition coefficient (Wildman–Crippen LogP) is 1.32. The molecule has 0 aliphatic heterocycles. The maximum atomic E-state index is 10.9. The number of pyridine rings is 1. The van der Waals surface area contributed by atoms with Crippen LogP contribution in [0.3, 0.4) is 0 Å². The number of nitrogens with one attached hydrogen (secondary N) is 2. The molecule has 1 aromatic rings. The Morgan fingerprint density at radius 1 is 1.44 bits per heavy atom. The van der Waals surface area contributed by atoms with Gasteiger partial charge >= 0.3 is 6.09 Å². The Bertz CT molecular complexity index is 327. The van der Waals surface area contributed by atoms with Gasteiger partial charge in [-0.05, 0) is 12.1 Å². The van der Waals surface area contributed by atoms with E-state index in [0.717, 1.165) is 5.82 Å². The minimum atomic E-state index is -0.512. The average molecular weight is 225 g/mol. The molecule has 16 heavy (non-hydrogen) atoms. The second kappa shape index (κ2) is 6.62. The van der Waals surface area contributed by atoms with E-state index in [-0.39, 0.29) is 0 Å². The van der Waals surface area contributed by atoms with Crippen molar-refractivity contribution in [2.75, 3.05) is 38.0 Å². The van der Waals surface area contributed by atoms with E-state index in [1.54, 1.807) is 25.4 Å². The van der Waals surface area contributed by atoms with Gasteiger partial charge in [-0.25, -0.2) is 9.78 Å². The van der Waals surface area contributed by atoms with E-state index in [2.05, 4.69) is 20.4 Å². The van der Waals surface area contributed by atoms with Crippen LogP contribution in [0.25, 0.3) is 0 Å². The number of hydrogen-bond donors (Lipinski definition) is 2. The van der Waals surface area contributed by atoms with E-state index in [9.17, 15) is 4.79 Å². The normalized spacial score (nSPS) is 9.62. The van der Waals surface area contributed by atoms with Gasteiger partial charge in [-0.1, -0.05) is 0 Å². The molecule has 6 heteroatoms. The van der Waals surface area contributed by atoms with E-state index in [0.29, 0.717) is 18.8 Å². The maximum Gasteiger partial charge on any atom is 0.411 e. The lowest BCUT2D eigenvalue weighted by atomic mass is 10.4. The Morgan fingerprint density at radius 2 is 2.25 bits per heavy atom. The third kappa shape index (κ3) is 4.14. The summed E-state index contributed by atoms with van der Waals surface area (Å²) in [5.74, 6) is 0.729. The number of methoxy groups -OCH3 is 2. The standard InChI is InChI=1S/C10H15N3O3/c1-15-6-5-11-9-4-3-8(7-12-9)13-10(14)16-2/h3-4,7H,5-6H2,1-2H3,(H,11,12)(H,13,14). The molecule has 2 N–H and O–H groups in total. The maximum absolute atomic E-state index is 10.9. The van der Waals surface area contributed by atoms with Crippen LogP contribution < -0.4 is 10.6 Å². The Morgan fingerprint density at radius 3 is 2.81 bits per heavy atom. The first-order valence-electron chi connectivity index (χ1n) is 4.80. The lowest BCUT2D eigenvalue weighted by Crippen LogP contribution is -2.12. The first-order valence-corrected chi connectivity index (χ1v) is 4.80. The van der Waals surface area contributed by atoms with Crippen molar-refractivity contribution < 1.29 is 14.3 Å². The molecule has 0 aliphatic rings. The molecular weight excluding hydrogens is 210 g/mol. The zero-order chi connectivity index (χ0) is 11.8. The molecule has 0 fully saturated rings. The van der Waals surface area contributed by atoms with Crippen molar-refractivity contribution >= 4 is 17.6 Å². The van der Waals surface area contributed by atoms with Crippen LogP contribution in [0, 0.1) is 0 Å². The summed E-state index contributed by atoms with van der Waals surface area (Å²) >= 11 is 0. The molecule has 0 unspecified atom stereocenters. The number of anilines is 2. The van der Waals surface area contributed by atoms with E-state index in [1.807, 2.05) is 0 Å². The highest BCUT2D eigenvalue weighted by atomic mass is 16.5. The quantitative estimate of drug-likeness (QED) is 0.739. The van der Waals surface area contributed by atoms with Crippen LogP contribution in [0.5, 0.6) is 0 Å². The second-order valence-corrected chi connectivity index (χ2v) is 2.97. The van der Waals surface area contributed by atoms with Crippen molar-refractivity contribution in [1.82, 2.24) is 4.98 Å². The number of hydrogen-bond acceptors (Lipinski definition) is 5. The Kier molecular flexibility index (Phi) is 5.07. The van der Waals surface area contributed by atoms with Crippen molar-refractivity contribution in [2.24, 2.45) is 0 Å². The van der Waals surface area contributed by atoms with Gasteiger partial charge < -0.3 is 14.8 Å². The van der Waals surface area contributed by atoms with Crippen LogP contribution in [0.1, 0.15) is 0 Å². The second-order valence-electron chi connectivity index (χ2n) is 2.97. The third-order valence-corrected chi connectivity index (χ3v) is 1.81. The van der Waals surface area contributed by atoms with Gasteiger partial charge in [0, 0.05) is 13.7 Å². The SMILES string of the molecule is COCCNc1ccc(NC(=O)OC)cn1. The lowest BCUT2D eigenvalue weighted by Gasteiger charge is -2.06. The first-order chi connectivity index (χ1) is 7.76. The molecule has 1 aromatic heterocycles. The smallest absolute Gasteiger partial charge is 0.411 e. The molecule has 0 aromatic carbocycles. The van der Waals surface area contributed by atoms with E-state index in [4.69, 9.17) is 4.74 Å². The van der Waals surface area contributed by atoms with Gasteiger partial charge in [0.15, 0.2) is 0 Å². The molecule has 1 amide bonds. The summed E-state index contributed by atoms with van der Waals surface area (Å²) in [5.41, 5.74) is 0.587. The van der Waals surface area contributed by atoms with Gasteiger partial charge in [-0.3, -0.25) is 5.32 Å². The number of carbonyl (C=O) groups is 1. The van der Waals surface area contributed by atoms with Crippen molar-refractivity contribution in [1.29, 1.82) is 0 Å². The Labute approximate surface area is 94.0 Å². The van der Waals surface area contributed by atoms with E-state index >= 15 is 0 Å². The minimum Gasteiger partial charge on any atom is -0.453 e. The molecule has 0 atom stereocenters. The molecule has 0 bridgehead atoms. The fourth-order valence-corrected chi connectivity index (χ4v) is 1.02. The molecule has 0 saturated heterocycles. The number of carbonyl (C=O) groups excluding carboxylic acids is 1. The van der Waals surface area contributed by atoms with Gasteiger partial charge in [-0.15, -0.1) is 0 Å². The number of amides is 1. The molecule has 0 spiro atoms. The van der Waals surface area contributed by atoms with E-state index in [1.165, 1.54) is 7.11 Å². The highest BCUT2D eigenvalue weighted by Gasteiger charge is 2.00. The lowest BCUT2D eigenvalue weighted by molar-refractivity contribution is 0.187. The van der Waals surface area contributed by atoms with Crippen LogP contribution in [-0.2, 0) is 9.47 Å². The van der Waals surface area contributed by atoms with Gasteiger partial charge in [0.2, 0.25) is 0 Å². The fraction of sp³-hybridized carbons (Fsp3) is 0.400. The first kappa shape index (κ1) is 12.3. The van der Waals surface area contributed by atoms with Crippen LogP contribution in [0.2, 0.25) is 0 Å². The third-order valence-electron chi connectivity index (χ3n) is 1.81. The monoisotopic (exact) mass is 225 g/mol. The minimum absolute atomic E-state index is 0.512. The molecule has 0 aliphatic carbocycles. The Balaban J connectivity index is 2.44. The summed E-state index contributed by atoms with van der Waals surface area (Å²) in [5, 5.41) is 5.57. The topological polar surface area (TPSA) is 72.5 Å². The van der Waals surface area contributed by atoms with Gasteiger partial charge in [0.05, 0.1) is 25.6 Å². The summed E-state index contributed by atoms with van der Waals surface area (Å²) in [4.78, 5) is 15.0. The zero-order valence-corrected chi connectivity index (χ0v) is 9.32. The summed E-state index contributed by atoms with van der Waals surface area (Å²) < 4.78 is 9.34. The molecule has 6 nitrogen and oxygen atoms in total. The van der Waals surface area contributed by atoms with Crippen molar-refractivity contribution in [3.63, 3.8) is 0 Å². The molecule has 0 radical (unpaired) electrons. The van der Waals surface area contributed by atoms with Gasteiger partial charge in [-0.2, -0.15) is 0 Å².